The van der Waals surface area contributed by atoms with Gasteiger partial charge in [0.25, 0.3) is 5.91 Å². The molecule has 166 valence electrons. The monoisotopic (exact) mass is 449 g/mol. The van der Waals surface area contributed by atoms with Crippen molar-refractivity contribution in [3.8, 4) is 0 Å². The number of amides is 2. The number of thioether (sulfide) groups is 1. The van der Waals surface area contributed by atoms with E-state index in [4.69, 9.17) is 4.42 Å². The largest absolute Gasteiger partial charge is 0.466 e. The molecule has 0 aliphatic carbocycles. The van der Waals surface area contributed by atoms with Gasteiger partial charge in [-0.05, 0) is 62.1 Å². The van der Waals surface area contributed by atoms with Gasteiger partial charge in [0.1, 0.15) is 11.5 Å². The molecular weight excluding hydrogens is 422 g/mol. The van der Waals surface area contributed by atoms with Gasteiger partial charge >= 0.3 is 0 Å². The minimum absolute atomic E-state index is 0.00530. The number of nitrogens with one attached hydrogen (secondary N) is 1. The van der Waals surface area contributed by atoms with E-state index in [1.165, 1.54) is 17.3 Å². The van der Waals surface area contributed by atoms with Crippen LogP contribution in [-0.2, 0) is 24.3 Å². The van der Waals surface area contributed by atoms with Gasteiger partial charge in [0.15, 0.2) is 0 Å². The molecule has 6 nitrogen and oxygen atoms in total. The van der Waals surface area contributed by atoms with Crippen LogP contribution in [0.3, 0.4) is 0 Å². The van der Waals surface area contributed by atoms with Crippen molar-refractivity contribution in [1.29, 1.82) is 0 Å². The summed E-state index contributed by atoms with van der Waals surface area (Å²) in [5.41, 5.74) is 4.83. The molecule has 0 atom stereocenters. The van der Waals surface area contributed by atoms with Gasteiger partial charge < -0.3 is 14.6 Å². The van der Waals surface area contributed by atoms with Crippen molar-refractivity contribution in [2.75, 3.05) is 12.3 Å². The molecule has 0 bridgehead atoms. The molecular formula is C25H27N3O3S. The van der Waals surface area contributed by atoms with Crippen LogP contribution < -0.4 is 5.32 Å². The highest BCUT2D eigenvalue weighted by atomic mass is 32.2. The Morgan fingerprint density at radius 3 is 2.69 bits per heavy atom. The van der Waals surface area contributed by atoms with E-state index >= 15 is 0 Å². The van der Waals surface area contributed by atoms with Crippen LogP contribution in [0.5, 0.6) is 0 Å². The molecule has 0 saturated carbocycles. The molecule has 0 spiro atoms. The maximum atomic E-state index is 13.0. The Bertz CT molecular complexity index is 1140. The molecule has 3 heterocycles. The molecule has 1 aliphatic rings. The first-order chi connectivity index (χ1) is 15.4. The van der Waals surface area contributed by atoms with Gasteiger partial charge in [0.2, 0.25) is 5.91 Å². The van der Waals surface area contributed by atoms with Gasteiger partial charge in [-0.2, -0.15) is 0 Å². The Morgan fingerprint density at radius 2 is 1.97 bits per heavy atom. The standard InChI is InChI=1S/C25H27N3O3S/c1-16-11-22(18(3)31-16)25(30)28-10-9-21-19(14-28)12-26-17(2)23(21)13-27-24(29)15-32-20-7-5-4-6-8-20/h4-8,11-12H,9-10,13-15H2,1-3H3,(H,27,29). The van der Waals surface area contributed by atoms with Crippen molar-refractivity contribution in [1.82, 2.24) is 15.2 Å². The molecule has 0 fully saturated rings. The lowest BCUT2D eigenvalue weighted by molar-refractivity contribution is -0.118. The Morgan fingerprint density at radius 1 is 1.19 bits per heavy atom. The molecule has 32 heavy (non-hydrogen) atoms. The van der Waals surface area contributed by atoms with E-state index in [1.54, 1.807) is 6.07 Å². The van der Waals surface area contributed by atoms with Crippen LogP contribution in [0.1, 0.15) is 44.3 Å². The number of rotatable bonds is 6. The second-order valence-corrected chi connectivity index (χ2v) is 9.06. The first kappa shape index (κ1) is 22.1. The van der Waals surface area contributed by atoms with Gasteiger partial charge in [-0.25, -0.2) is 0 Å². The van der Waals surface area contributed by atoms with E-state index in [1.807, 2.05) is 62.2 Å². The second-order valence-electron chi connectivity index (χ2n) is 8.01. The zero-order valence-electron chi connectivity index (χ0n) is 18.6. The Hall–Kier alpha value is -3.06. The minimum atomic E-state index is -0.0154. The van der Waals surface area contributed by atoms with Crippen molar-refractivity contribution in [3.05, 3.63) is 82.1 Å². The lowest BCUT2D eigenvalue weighted by Gasteiger charge is -2.30. The van der Waals surface area contributed by atoms with Crippen LogP contribution >= 0.6 is 11.8 Å². The third kappa shape index (κ3) is 4.88. The SMILES string of the molecule is Cc1cc(C(=O)N2CCc3c(cnc(C)c3CNC(=O)CSc3ccccc3)C2)c(C)o1. The van der Waals surface area contributed by atoms with Gasteiger partial charge in [0.05, 0.1) is 11.3 Å². The Balaban J connectivity index is 1.41. The highest BCUT2D eigenvalue weighted by Gasteiger charge is 2.26. The number of fused-ring (bicyclic) bond motifs is 1. The summed E-state index contributed by atoms with van der Waals surface area (Å²) in [6.07, 6.45) is 2.60. The number of carbonyl (C=O) groups is 2. The van der Waals surface area contributed by atoms with Gasteiger partial charge in [-0.3, -0.25) is 14.6 Å². The first-order valence-electron chi connectivity index (χ1n) is 10.7. The number of aryl methyl sites for hydroxylation is 3. The molecule has 7 heteroatoms. The summed E-state index contributed by atoms with van der Waals surface area (Å²) < 4.78 is 5.53. The molecule has 1 aromatic carbocycles. The molecule has 2 aromatic heterocycles. The number of furan rings is 1. The van der Waals surface area contributed by atoms with Gasteiger partial charge in [-0.1, -0.05) is 18.2 Å². The fourth-order valence-electron chi connectivity index (χ4n) is 4.05. The molecule has 1 aliphatic heterocycles. The predicted octanol–water partition coefficient (Wildman–Crippen LogP) is 4.21. The van der Waals surface area contributed by atoms with E-state index in [0.717, 1.165) is 33.9 Å². The summed E-state index contributed by atoms with van der Waals surface area (Å²) in [6, 6.07) is 11.7. The highest BCUT2D eigenvalue weighted by Crippen LogP contribution is 2.26. The maximum Gasteiger partial charge on any atom is 0.257 e. The number of aromatic nitrogens is 1. The minimum Gasteiger partial charge on any atom is -0.466 e. The number of hydrogen-bond acceptors (Lipinski definition) is 5. The van der Waals surface area contributed by atoms with Crippen LogP contribution in [0.25, 0.3) is 0 Å². The number of carbonyl (C=O) groups excluding carboxylic acids is 2. The zero-order chi connectivity index (χ0) is 22.7. The van der Waals surface area contributed by atoms with Crippen molar-refractivity contribution in [2.45, 2.75) is 45.2 Å². The first-order valence-corrected chi connectivity index (χ1v) is 11.7. The topological polar surface area (TPSA) is 75.4 Å². The summed E-state index contributed by atoms with van der Waals surface area (Å²) in [6.45, 7) is 7.22. The lowest BCUT2D eigenvalue weighted by Crippen LogP contribution is -2.37. The molecule has 0 radical (unpaired) electrons. The van der Waals surface area contributed by atoms with E-state index < -0.39 is 0 Å². The van der Waals surface area contributed by atoms with Crippen molar-refractivity contribution >= 4 is 23.6 Å². The van der Waals surface area contributed by atoms with Crippen molar-refractivity contribution in [2.24, 2.45) is 0 Å². The molecule has 3 aromatic rings. The highest BCUT2D eigenvalue weighted by molar-refractivity contribution is 8.00. The Labute approximate surface area is 192 Å². The second kappa shape index (κ2) is 9.61. The van der Waals surface area contributed by atoms with Crippen LogP contribution in [0.4, 0.5) is 0 Å². The molecule has 0 saturated heterocycles. The quantitative estimate of drug-likeness (QED) is 0.571. The summed E-state index contributed by atoms with van der Waals surface area (Å²) in [7, 11) is 0. The van der Waals surface area contributed by atoms with Crippen molar-refractivity contribution in [3.63, 3.8) is 0 Å². The van der Waals surface area contributed by atoms with Crippen LogP contribution in [-0.4, -0.2) is 34.0 Å². The normalized spacial score (nSPS) is 13.0. The fourth-order valence-corrected chi connectivity index (χ4v) is 4.80. The number of benzene rings is 1. The average molecular weight is 450 g/mol. The van der Waals surface area contributed by atoms with Gasteiger partial charge in [0, 0.05) is 36.4 Å². The number of pyridine rings is 1. The average Bonchev–Trinajstić information content (AvgIpc) is 3.14. The third-order valence-corrected chi connectivity index (χ3v) is 6.74. The molecule has 0 unspecified atom stereocenters. The third-order valence-electron chi connectivity index (χ3n) is 5.73. The zero-order valence-corrected chi connectivity index (χ0v) is 19.4. The van der Waals surface area contributed by atoms with E-state index in [2.05, 4.69) is 10.3 Å². The summed E-state index contributed by atoms with van der Waals surface area (Å²) in [4.78, 5) is 32.8. The summed E-state index contributed by atoms with van der Waals surface area (Å²) in [5, 5.41) is 3.04. The smallest absolute Gasteiger partial charge is 0.257 e. The number of nitrogens with zero attached hydrogens (tertiary/aromatic N) is 2. The Kier molecular flexibility index (Phi) is 6.65. The summed E-state index contributed by atoms with van der Waals surface area (Å²) in [5.74, 6) is 1.74. The van der Waals surface area contributed by atoms with Crippen molar-refractivity contribution < 1.29 is 14.0 Å². The number of hydrogen-bond donors (Lipinski definition) is 1. The van der Waals surface area contributed by atoms with Gasteiger partial charge in [-0.15, -0.1) is 11.8 Å². The van der Waals surface area contributed by atoms with Crippen LogP contribution in [0.2, 0.25) is 0 Å². The predicted molar refractivity (Wildman–Crippen MR) is 125 cm³/mol. The van der Waals surface area contributed by atoms with E-state index in [0.29, 0.717) is 36.7 Å². The molecule has 2 amide bonds. The molecule has 4 rings (SSSR count). The summed E-state index contributed by atoms with van der Waals surface area (Å²) >= 11 is 1.52. The van der Waals surface area contributed by atoms with E-state index in [9.17, 15) is 9.59 Å². The fraction of sp³-hybridized carbons (Fsp3) is 0.320. The van der Waals surface area contributed by atoms with E-state index in [-0.39, 0.29) is 11.8 Å². The maximum absolute atomic E-state index is 13.0. The van der Waals surface area contributed by atoms with Crippen LogP contribution in [0.15, 0.2) is 51.9 Å². The van der Waals surface area contributed by atoms with Crippen LogP contribution in [0, 0.1) is 20.8 Å². The molecule has 1 N–H and O–H groups in total. The lowest BCUT2D eigenvalue weighted by atomic mass is 9.94.